The van der Waals surface area contributed by atoms with Crippen molar-refractivity contribution in [2.45, 2.75) is 0 Å². The van der Waals surface area contributed by atoms with Crippen LogP contribution in [-0.2, 0) is 0 Å². The van der Waals surface area contributed by atoms with Crippen LogP contribution in [0.4, 0.5) is 10.1 Å². The van der Waals surface area contributed by atoms with E-state index in [-0.39, 0.29) is 16.8 Å². The van der Waals surface area contributed by atoms with Gasteiger partial charge in [-0.1, -0.05) is 48.5 Å². The lowest BCUT2D eigenvalue weighted by Crippen LogP contribution is -2.18. The molecule has 3 N–H and O–H groups in total. The molecule has 0 fully saturated rings. The average molecular weight is 334 g/mol. The molecule has 0 aliphatic rings. The molecule has 0 aliphatic heterocycles. The summed E-state index contributed by atoms with van der Waals surface area (Å²) in [5, 5.41) is 2.59. The van der Waals surface area contributed by atoms with Crippen LogP contribution in [0, 0.1) is 5.82 Å². The fourth-order valence-electron chi connectivity index (χ4n) is 2.51. The number of primary amides is 1. The van der Waals surface area contributed by atoms with Crippen molar-refractivity contribution in [3.63, 3.8) is 0 Å². The van der Waals surface area contributed by atoms with E-state index >= 15 is 0 Å². The van der Waals surface area contributed by atoms with Crippen LogP contribution in [0.1, 0.15) is 20.7 Å². The quantitative estimate of drug-likeness (QED) is 0.761. The van der Waals surface area contributed by atoms with Gasteiger partial charge in [0, 0.05) is 11.1 Å². The number of para-hydroxylation sites is 1. The summed E-state index contributed by atoms with van der Waals surface area (Å²) in [6.45, 7) is 0. The molecule has 0 heterocycles. The molecule has 0 aliphatic carbocycles. The van der Waals surface area contributed by atoms with Crippen molar-refractivity contribution >= 4 is 17.5 Å². The monoisotopic (exact) mass is 334 g/mol. The Hall–Kier alpha value is -3.47. The Labute approximate surface area is 144 Å². The first-order valence-corrected chi connectivity index (χ1v) is 7.61. The molecule has 0 atom stereocenters. The van der Waals surface area contributed by atoms with E-state index < -0.39 is 17.6 Å². The fraction of sp³-hybridized carbons (Fsp3) is 0. The molecule has 0 aromatic heterocycles. The van der Waals surface area contributed by atoms with Crippen LogP contribution in [0.25, 0.3) is 11.1 Å². The second-order valence-electron chi connectivity index (χ2n) is 5.42. The van der Waals surface area contributed by atoms with Crippen LogP contribution in [0.15, 0.2) is 72.8 Å². The molecular weight excluding hydrogens is 319 g/mol. The van der Waals surface area contributed by atoms with Gasteiger partial charge in [0.1, 0.15) is 5.82 Å². The van der Waals surface area contributed by atoms with Gasteiger partial charge in [0.05, 0.1) is 11.3 Å². The number of anilines is 1. The van der Waals surface area contributed by atoms with E-state index in [2.05, 4.69) is 5.32 Å². The highest BCUT2D eigenvalue weighted by Crippen LogP contribution is 2.24. The van der Waals surface area contributed by atoms with Crippen molar-refractivity contribution < 1.29 is 14.0 Å². The molecule has 0 radical (unpaired) electrons. The minimum absolute atomic E-state index is 0.149. The highest BCUT2D eigenvalue weighted by molar-refractivity contribution is 6.08. The molecule has 0 bridgehead atoms. The van der Waals surface area contributed by atoms with Crippen LogP contribution < -0.4 is 11.1 Å². The molecule has 5 heteroatoms. The Morgan fingerprint density at radius 2 is 1.56 bits per heavy atom. The van der Waals surface area contributed by atoms with Gasteiger partial charge in [-0.15, -0.1) is 0 Å². The molecule has 124 valence electrons. The number of amides is 2. The standard InChI is InChI=1S/C20H15FN2O2/c21-17-12-14(10-11-15(17)13-6-2-1-3-7-13)20(25)23-18-9-5-4-8-16(18)19(22)24/h1-12H,(H2,22,24)(H,23,25). The Morgan fingerprint density at radius 1 is 0.880 bits per heavy atom. The van der Waals surface area contributed by atoms with Gasteiger partial charge >= 0.3 is 0 Å². The summed E-state index contributed by atoms with van der Waals surface area (Å²) in [5.74, 6) is -1.67. The lowest BCUT2D eigenvalue weighted by atomic mass is 10.0. The summed E-state index contributed by atoms with van der Waals surface area (Å²) in [6.07, 6.45) is 0. The molecule has 0 saturated carbocycles. The predicted molar refractivity (Wildman–Crippen MR) is 94.7 cm³/mol. The van der Waals surface area contributed by atoms with E-state index in [1.54, 1.807) is 36.4 Å². The largest absolute Gasteiger partial charge is 0.366 e. The van der Waals surface area contributed by atoms with Crippen molar-refractivity contribution in [1.29, 1.82) is 0 Å². The Morgan fingerprint density at radius 3 is 2.24 bits per heavy atom. The van der Waals surface area contributed by atoms with Crippen molar-refractivity contribution in [3.05, 3.63) is 89.7 Å². The van der Waals surface area contributed by atoms with Crippen molar-refractivity contribution in [3.8, 4) is 11.1 Å². The summed E-state index contributed by atoms with van der Waals surface area (Å²) >= 11 is 0. The number of hydrogen-bond donors (Lipinski definition) is 2. The smallest absolute Gasteiger partial charge is 0.255 e. The Kier molecular flexibility index (Phi) is 4.57. The number of nitrogens with one attached hydrogen (secondary N) is 1. The lowest BCUT2D eigenvalue weighted by molar-refractivity contribution is 0.100. The number of carbonyl (C=O) groups is 2. The number of rotatable bonds is 4. The summed E-state index contributed by atoms with van der Waals surface area (Å²) in [4.78, 5) is 23.8. The Bertz CT molecular complexity index is 939. The topological polar surface area (TPSA) is 72.2 Å². The van der Waals surface area contributed by atoms with Crippen LogP contribution in [0.2, 0.25) is 0 Å². The third kappa shape index (κ3) is 3.55. The number of carbonyl (C=O) groups excluding carboxylic acids is 2. The maximum absolute atomic E-state index is 14.4. The highest BCUT2D eigenvalue weighted by Gasteiger charge is 2.14. The van der Waals surface area contributed by atoms with Crippen molar-refractivity contribution in [2.75, 3.05) is 5.32 Å². The molecule has 0 unspecified atom stereocenters. The van der Waals surface area contributed by atoms with Gasteiger partial charge in [-0.05, 0) is 29.8 Å². The van der Waals surface area contributed by atoms with Crippen LogP contribution in [0.5, 0.6) is 0 Å². The SMILES string of the molecule is NC(=O)c1ccccc1NC(=O)c1ccc(-c2ccccc2)c(F)c1. The van der Waals surface area contributed by atoms with E-state index in [4.69, 9.17) is 5.73 Å². The second-order valence-corrected chi connectivity index (χ2v) is 5.42. The number of benzene rings is 3. The third-order valence-corrected chi connectivity index (χ3v) is 3.76. The number of hydrogen-bond acceptors (Lipinski definition) is 2. The van der Waals surface area contributed by atoms with E-state index in [0.717, 1.165) is 5.56 Å². The minimum Gasteiger partial charge on any atom is -0.366 e. The Balaban J connectivity index is 1.87. The summed E-state index contributed by atoms with van der Waals surface area (Å²) in [6, 6.07) is 19.7. The first kappa shape index (κ1) is 16.4. The molecular formula is C20H15FN2O2. The number of halogens is 1. The molecule has 0 saturated heterocycles. The zero-order valence-electron chi connectivity index (χ0n) is 13.2. The van der Waals surface area contributed by atoms with Crippen LogP contribution in [-0.4, -0.2) is 11.8 Å². The maximum Gasteiger partial charge on any atom is 0.255 e. The molecule has 4 nitrogen and oxygen atoms in total. The normalized spacial score (nSPS) is 10.3. The van der Waals surface area contributed by atoms with Gasteiger partial charge < -0.3 is 11.1 Å². The van der Waals surface area contributed by atoms with Gasteiger partial charge in [0.2, 0.25) is 0 Å². The van der Waals surface area contributed by atoms with Gasteiger partial charge in [0.15, 0.2) is 0 Å². The van der Waals surface area contributed by atoms with Gasteiger partial charge in [0.25, 0.3) is 11.8 Å². The summed E-state index contributed by atoms with van der Waals surface area (Å²) in [7, 11) is 0. The maximum atomic E-state index is 14.4. The molecule has 3 aromatic rings. The van der Waals surface area contributed by atoms with Crippen molar-refractivity contribution in [1.82, 2.24) is 0 Å². The summed E-state index contributed by atoms with van der Waals surface area (Å²) in [5.41, 5.74) is 7.05. The van der Waals surface area contributed by atoms with E-state index in [0.29, 0.717) is 5.56 Å². The predicted octanol–water partition coefficient (Wildman–Crippen LogP) is 3.84. The first-order chi connectivity index (χ1) is 12.1. The van der Waals surface area contributed by atoms with Gasteiger partial charge in [-0.25, -0.2) is 4.39 Å². The van der Waals surface area contributed by atoms with Crippen molar-refractivity contribution in [2.24, 2.45) is 5.73 Å². The zero-order chi connectivity index (χ0) is 17.8. The van der Waals surface area contributed by atoms with E-state index in [1.165, 1.54) is 18.2 Å². The molecule has 25 heavy (non-hydrogen) atoms. The molecule has 2 amide bonds. The van der Waals surface area contributed by atoms with E-state index in [1.807, 2.05) is 18.2 Å². The van der Waals surface area contributed by atoms with Crippen LogP contribution >= 0.6 is 0 Å². The highest BCUT2D eigenvalue weighted by atomic mass is 19.1. The first-order valence-electron chi connectivity index (χ1n) is 7.61. The minimum atomic E-state index is -0.651. The third-order valence-electron chi connectivity index (χ3n) is 3.76. The summed E-state index contributed by atoms with van der Waals surface area (Å²) < 4.78 is 14.4. The molecule has 3 rings (SSSR count). The van der Waals surface area contributed by atoms with Gasteiger partial charge in [-0.2, -0.15) is 0 Å². The van der Waals surface area contributed by atoms with E-state index in [9.17, 15) is 14.0 Å². The van der Waals surface area contributed by atoms with Gasteiger partial charge in [-0.3, -0.25) is 9.59 Å². The lowest BCUT2D eigenvalue weighted by Gasteiger charge is -2.10. The number of nitrogens with two attached hydrogens (primary N) is 1. The van der Waals surface area contributed by atoms with Crippen LogP contribution in [0.3, 0.4) is 0 Å². The zero-order valence-corrected chi connectivity index (χ0v) is 13.2. The fourth-order valence-corrected chi connectivity index (χ4v) is 2.51. The second kappa shape index (κ2) is 6.97. The molecule has 0 spiro atoms. The molecule has 3 aromatic carbocycles. The average Bonchev–Trinajstić information content (AvgIpc) is 2.62.